The van der Waals surface area contributed by atoms with Crippen molar-refractivity contribution in [3.8, 4) is 11.5 Å². The number of hydrogen-bond donors (Lipinski definition) is 3. The fourth-order valence-corrected chi connectivity index (χ4v) is 4.31. The summed E-state index contributed by atoms with van der Waals surface area (Å²) in [6.45, 7) is 14.3. The summed E-state index contributed by atoms with van der Waals surface area (Å²) in [5.41, 5.74) is 2.93. The lowest BCUT2D eigenvalue weighted by atomic mass is 10.0. The smallest absolute Gasteiger partial charge is 0.407 e. The molecule has 0 aromatic heterocycles. The largest absolute Gasteiger partial charge is 0.463 e. The van der Waals surface area contributed by atoms with E-state index in [-0.39, 0.29) is 18.7 Å². The molecule has 0 radical (unpaired) electrons. The molecule has 3 aliphatic rings. The number of ether oxygens (including phenoxy) is 6. The molecule has 11 nitrogen and oxygen atoms in total. The Morgan fingerprint density at radius 2 is 1.61 bits per heavy atom. The predicted octanol–water partition coefficient (Wildman–Crippen LogP) is 5.00. The summed E-state index contributed by atoms with van der Waals surface area (Å²) in [7, 11) is 0. The van der Waals surface area contributed by atoms with Crippen molar-refractivity contribution in [1.29, 1.82) is 0 Å². The molecule has 0 aliphatic carbocycles. The Kier molecular flexibility index (Phi) is 8.72. The molecule has 41 heavy (non-hydrogen) atoms. The summed E-state index contributed by atoms with van der Waals surface area (Å²) in [6.07, 6.45) is -1.98. The highest BCUT2D eigenvalue weighted by molar-refractivity contribution is 5.69. The second-order valence-corrected chi connectivity index (χ2v) is 12.0. The van der Waals surface area contributed by atoms with Gasteiger partial charge in [0, 0.05) is 38.8 Å². The van der Waals surface area contributed by atoms with E-state index in [0.717, 1.165) is 28.2 Å². The zero-order chi connectivity index (χ0) is 30.0. The molecular formula is C30H40N2O9. The van der Waals surface area contributed by atoms with Crippen molar-refractivity contribution in [2.24, 2.45) is 0 Å². The normalized spacial score (nSPS) is 20.8. The number of benzene rings is 2. The summed E-state index contributed by atoms with van der Waals surface area (Å²) < 4.78 is 32.9. The monoisotopic (exact) mass is 572 g/mol. The molecule has 2 aromatic rings. The minimum atomic E-state index is -0.831. The van der Waals surface area contributed by atoms with Gasteiger partial charge in [0.1, 0.15) is 23.2 Å². The molecule has 224 valence electrons. The molecule has 11 heteroatoms. The number of amides is 2. The van der Waals surface area contributed by atoms with Gasteiger partial charge in [-0.15, -0.1) is 0 Å². The Morgan fingerprint density at radius 3 is 2.17 bits per heavy atom. The molecule has 3 N–H and O–H groups in total. The lowest BCUT2D eigenvalue weighted by Crippen LogP contribution is -2.36. The topological polar surface area (TPSA) is 134 Å². The molecule has 0 bridgehead atoms. The lowest BCUT2D eigenvalue weighted by Gasteiger charge is -2.33. The van der Waals surface area contributed by atoms with Crippen LogP contribution in [-0.4, -0.2) is 47.6 Å². The molecule has 0 spiro atoms. The summed E-state index contributed by atoms with van der Waals surface area (Å²) >= 11 is 0. The van der Waals surface area contributed by atoms with E-state index < -0.39 is 29.4 Å². The number of fused-ring (bicyclic) bond motifs is 2. The lowest BCUT2D eigenvalue weighted by molar-refractivity contribution is -0.180. The van der Waals surface area contributed by atoms with Crippen LogP contribution in [0.2, 0.25) is 0 Å². The Bertz CT molecular complexity index is 1270. The fraction of sp³-hybridized carbons (Fsp3) is 0.533. The van der Waals surface area contributed by atoms with Gasteiger partial charge < -0.3 is 44.2 Å². The molecule has 2 aromatic carbocycles. The summed E-state index contributed by atoms with van der Waals surface area (Å²) in [6, 6.07) is 11.2. The van der Waals surface area contributed by atoms with Crippen LogP contribution in [0.15, 0.2) is 36.4 Å². The highest BCUT2D eigenvalue weighted by atomic mass is 16.7. The predicted molar refractivity (Wildman–Crippen MR) is 148 cm³/mol. The van der Waals surface area contributed by atoms with Crippen molar-refractivity contribution in [3.63, 3.8) is 0 Å². The summed E-state index contributed by atoms with van der Waals surface area (Å²) in [4.78, 5) is 22.6. The molecule has 3 heterocycles. The van der Waals surface area contributed by atoms with Gasteiger partial charge in [0.05, 0.1) is 32.4 Å². The van der Waals surface area contributed by atoms with E-state index in [0.29, 0.717) is 25.3 Å². The molecule has 2 amide bonds. The van der Waals surface area contributed by atoms with Crippen LogP contribution in [0.3, 0.4) is 0 Å². The Labute approximate surface area is 240 Å². The molecule has 0 saturated carbocycles. The molecule has 5 rings (SSSR count). The highest BCUT2D eigenvalue weighted by Crippen LogP contribution is 2.34. The van der Waals surface area contributed by atoms with Gasteiger partial charge in [-0.05, 0) is 56.2 Å². The van der Waals surface area contributed by atoms with Crippen molar-refractivity contribution in [2.45, 2.75) is 91.1 Å². The van der Waals surface area contributed by atoms with Crippen molar-refractivity contribution in [2.75, 3.05) is 13.1 Å². The number of aliphatic hydroxyl groups is 1. The second-order valence-electron chi connectivity index (χ2n) is 12.0. The van der Waals surface area contributed by atoms with Crippen LogP contribution in [0.25, 0.3) is 0 Å². The third kappa shape index (κ3) is 8.48. The Balaban J connectivity index is 0.000000194. The van der Waals surface area contributed by atoms with Crippen LogP contribution < -0.4 is 20.1 Å². The van der Waals surface area contributed by atoms with Gasteiger partial charge >= 0.3 is 12.2 Å². The maximum atomic E-state index is 11.6. The first-order valence-corrected chi connectivity index (χ1v) is 13.6. The number of rotatable bonds is 4. The summed E-state index contributed by atoms with van der Waals surface area (Å²) in [5, 5.41) is 15.4. The maximum absolute atomic E-state index is 11.6. The number of aliphatic hydroxyl groups excluding tert-OH is 1. The maximum Gasteiger partial charge on any atom is 0.407 e. The van der Waals surface area contributed by atoms with Crippen LogP contribution in [-0.2, 0) is 32.2 Å². The van der Waals surface area contributed by atoms with Gasteiger partial charge in [0.2, 0.25) is 11.6 Å². The fourth-order valence-electron chi connectivity index (χ4n) is 4.31. The molecule has 1 saturated heterocycles. The zero-order valence-electron chi connectivity index (χ0n) is 24.7. The molecule has 0 unspecified atom stereocenters. The minimum absolute atomic E-state index is 0.0703. The van der Waals surface area contributed by atoms with Gasteiger partial charge in [-0.3, -0.25) is 0 Å². The first kappa shape index (κ1) is 30.4. The van der Waals surface area contributed by atoms with Crippen LogP contribution in [0, 0.1) is 0 Å². The van der Waals surface area contributed by atoms with Crippen molar-refractivity contribution in [1.82, 2.24) is 10.6 Å². The molecule has 3 aliphatic heterocycles. The highest BCUT2D eigenvalue weighted by Gasteiger charge is 2.30. The average Bonchev–Trinajstić information content (AvgIpc) is 3.31. The third-order valence-electron chi connectivity index (χ3n) is 6.31. The van der Waals surface area contributed by atoms with Gasteiger partial charge in [-0.1, -0.05) is 12.1 Å². The van der Waals surface area contributed by atoms with E-state index in [1.54, 1.807) is 26.8 Å². The standard InChI is InChI=1S/C17H25NO5.C13H15NO4/c1-16(2,3)23-15(20)18-9-13(19)11-6-7-14-12(8-11)10-21-17(4,5)22-14;1-13(2)16-7-9-5-8(3-4-10(9)18-13)11-6-14-12(15)17-11/h6-8,13,19H,9-10H2,1-5H3,(H,18,20);3-5,11H,6-7H2,1-2H3,(H,14,15)/t13-;11-/m00/s1. The van der Waals surface area contributed by atoms with Crippen LogP contribution >= 0.6 is 0 Å². The second kappa shape index (κ2) is 11.8. The number of cyclic esters (lactones) is 1. The third-order valence-corrected chi connectivity index (χ3v) is 6.31. The number of carbonyl (C=O) groups excluding carboxylic acids is 2. The minimum Gasteiger partial charge on any atom is -0.463 e. The average molecular weight is 573 g/mol. The first-order valence-electron chi connectivity index (χ1n) is 13.6. The number of nitrogens with one attached hydrogen (secondary N) is 2. The van der Waals surface area contributed by atoms with Gasteiger partial charge in [0.25, 0.3) is 0 Å². The van der Waals surface area contributed by atoms with Crippen LogP contribution in [0.5, 0.6) is 11.5 Å². The van der Waals surface area contributed by atoms with Gasteiger partial charge in [-0.2, -0.15) is 0 Å². The van der Waals surface area contributed by atoms with E-state index in [1.807, 2.05) is 58.0 Å². The van der Waals surface area contributed by atoms with E-state index >= 15 is 0 Å². The van der Waals surface area contributed by atoms with Crippen molar-refractivity contribution in [3.05, 3.63) is 58.7 Å². The number of alkyl carbamates (subject to hydrolysis) is 2. The van der Waals surface area contributed by atoms with Crippen molar-refractivity contribution >= 4 is 12.2 Å². The van der Waals surface area contributed by atoms with Crippen LogP contribution in [0.1, 0.15) is 82.9 Å². The first-order chi connectivity index (χ1) is 19.1. The van der Waals surface area contributed by atoms with Crippen molar-refractivity contribution < 1.29 is 43.1 Å². The molecule has 2 atom stereocenters. The van der Waals surface area contributed by atoms with E-state index in [1.165, 1.54) is 0 Å². The Hall–Kier alpha value is -3.54. The Morgan fingerprint density at radius 1 is 1.02 bits per heavy atom. The molecule has 1 fully saturated rings. The quantitative estimate of drug-likeness (QED) is 0.463. The number of hydrogen-bond acceptors (Lipinski definition) is 9. The number of carbonyl (C=O) groups is 2. The van der Waals surface area contributed by atoms with E-state index in [9.17, 15) is 14.7 Å². The zero-order valence-corrected chi connectivity index (χ0v) is 24.7. The van der Waals surface area contributed by atoms with Gasteiger partial charge in [-0.25, -0.2) is 9.59 Å². The van der Waals surface area contributed by atoms with E-state index in [2.05, 4.69) is 10.6 Å². The van der Waals surface area contributed by atoms with Gasteiger partial charge in [0.15, 0.2) is 0 Å². The van der Waals surface area contributed by atoms with E-state index in [4.69, 9.17) is 28.4 Å². The summed E-state index contributed by atoms with van der Waals surface area (Å²) in [5.74, 6) is 0.339. The molecular weight excluding hydrogens is 532 g/mol. The SMILES string of the molecule is CC(C)(C)OC(=O)NC[C@H](O)c1ccc2c(c1)COC(C)(C)O2.CC1(C)OCc2cc([C@@H]3CNC(=O)O3)ccc2O1. The van der Waals surface area contributed by atoms with Crippen LogP contribution in [0.4, 0.5) is 9.59 Å².